The quantitative estimate of drug-likeness (QED) is 0.699. The highest BCUT2D eigenvalue weighted by molar-refractivity contribution is 6.77. The topological polar surface area (TPSA) is 46.5 Å². The number of rotatable bonds is 7. The molecule has 0 radical (unpaired) electrons. The number of benzene rings is 1. The summed E-state index contributed by atoms with van der Waals surface area (Å²) in [5, 5.41) is 9.01. The second kappa shape index (κ2) is 7.37. The normalized spacial score (nSPS) is 12.5. The van der Waals surface area contributed by atoms with Gasteiger partial charge in [0, 0.05) is 5.56 Å². The largest absolute Gasteiger partial charge is 0.478 e. The van der Waals surface area contributed by atoms with Gasteiger partial charge in [-0.15, -0.1) is 0 Å². The minimum atomic E-state index is -2.09. The number of aromatic carboxylic acids is 1. The Balaban J connectivity index is 3.10. The minimum absolute atomic E-state index is 0.133. The van der Waals surface area contributed by atoms with Crippen LogP contribution in [0, 0.1) is 5.82 Å². The highest BCUT2D eigenvalue weighted by Crippen LogP contribution is 2.42. The van der Waals surface area contributed by atoms with Crippen LogP contribution in [0.5, 0.6) is 0 Å². The molecule has 0 atom stereocenters. The van der Waals surface area contributed by atoms with Crippen molar-refractivity contribution in [3.05, 3.63) is 35.1 Å². The van der Waals surface area contributed by atoms with Crippen LogP contribution in [0.15, 0.2) is 18.2 Å². The zero-order chi connectivity index (χ0) is 17.1. The van der Waals surface area contributed by atoms with Crippen molar-refractivity contribution in [3.8, 4) is 0 Å². The van der Waals surface area contributed by atoms with Gasteiger partial charge in [-0.2, -0.15) is 0 Å². The van der Waals surface area contributed by atoms with E-state index in [0.717, 1.165) is 0 Å². The van der Waals surface area contributed by atoms with Gasteiger partial charge in [-0.3, -0.25) is 0 Å². The summed E-state index contributed by atoms with van der Waals surface area (Å²) in [5.41, 5.74) is 1.22. The van der Waals surface area contributed by atoms with Gasteiger partial charge in [0.05, 0.1) is 12.2 Å². The number of carbonyl (C=O) groups is 1. The van der Waals surface area contributed by atoms with Crippen molar-refractivity contribution in [3.63, 3.8) is 0 Å². The molecule has 0 spiro atoms. The molecule has 0 saturated heterocycles. The first-order valence-electron chi connectivity index (χ1n) is 7.79. The number of halogens is 1. The van der Waals surface area contributed by atoms with Crippen molar-refractivity contribution < 1.29 is 18.7 Å². The molecular formula is C17H27FO3Si. The van der Waals surface area contributed by atoms with Gasteiger partial charge in [-0.25, -0.2) is 9.18 Å². The van der Waals surface area contributed by atoms with E-state index in [-0.39, 0.29) is 12.2 Å². The molecule has 3 nitrogen and oxygen atoms in total. The average Bonchev–Trinajstić information content (AvgIpc) is 2.39. The fraction of sp³-hybridized carbons (Fsp3) is 0.588. The van der Waals surface area contributed by atoms with E-state index in [4.69, 9.17) is 9.53 Å². The van der Waals surface area contributed by atoms with Gasteiger partial charge in [0.25, 0.3) is 0 Å². The fourth-order valence-electron chi connectivity index (χ4n) is 3.56. The molecule has 124 valence electrons. The summed E-state index contributed by atoms with van der Waals surface area (Å²) >= 11 is 0. The summed E-state index contributed by atoms with van der Waals surface area (Å²) in [7, 11) is -2.09. The zero-order valence-corrected chi connectivity index (χ0v) is 15.3. The number of carboxylic acid groups (broad SMARTS) is 1. The van der Waals surface area contributed by atoms with Crippen LogP contribution in [0.1, 0.15) is 57.5 Å². The SMILES string of the molecule is CC(C)[Si](OCc1cccc(C(=O)O)c1F)(C(C)C)C(C)C. The van der Waals surface area contributed by atoms with Crippen molar-refractivity contribution in [2.75, 3.05) is 0 Å². The molecule has 5 heteroatoms. The molecule has 0 aliphatic heterocycles. The molecule has 0 unspecified atom stereocenters. The van der Waals surface area contributed by atoms with Gasteiger partial charge < -0.3 is 9.53 Å². The molecule has 1 rings (SSSR count). The van der Waals surface area contributed by atoms with Gasteiger partial charge in [0.2, 0.25) is 8.32 Å². The molecule has 0 aliphatic carbocycles. The van der Waals surface area contributed by atoms with E-state index < -0.39 is 20.1 Å². The smallest absolute Gasteiger partial charge is 0.338 e. The fourth-order valence-corrected chi connectivity index (χ4v) is 8.96. The van der Waals surface area contributed by atoms with Crippen molar-refractivity contribution in [1.29, 1.82) is 0 Å². The number of hydrogen-bond donors (Lipinski definition) is 1. The Morgan fingerprint density at radius 2 is 1.64 bits per heavy atom. The Hall–Kier alpha value is -1.20. The van der Waals surface area contributed by atoms with Crippen LogP contribution in [0.3, 0.4) is 0 Å². The third kappa shape index (κ3) is 3.58. The predicted molar refractivity (Wildman–Crippen MR) is 89.2 cm³/mol. The monoisotopic (exact) mass is 326 g/mol. The lowest BCUT2D eigenvalue weighted by Gasteiger charge is -2.42. The molecule has 1 aromatic rings. The molecule has 22 heavy (non-hydrogen) atoms. The summed E-state index contributed by atoms with van der Waals surface area (Å²) in [4.78, 5) is 11.0. The van der Waals surface area contributed by atoms with Crippen LogP contribution in [0.2, 0.25) is 16.6 Å². The summed E-state index contributed by atoms with van der Waals surface area (Å²) in [6.07, 6.45) is 0. The van der Waals surface area contributed by atoms with Crippen LogP contribution >= 0.6 is 0 Å². The average molecular weight is 326 g/mol. The highest BCUT2D eigenvalue weighted by atomic mass is 28.4. The second-order valence-electron chi connectivity index (χ2n) is 6.69. The first-order chi connectivity index (χ1) is 10.1. The molecule has 0 saturated carbocycles. The summed E-state index contributed by atoms with van der Waals surface area (Å²) in [5.74, 6) is -1.94. The van der Waals surface area contributed by atoms with Gasteiger partial charge in [0.15, 0.2) is 0 Å². The molecule has 0 fully saturated rings. The predicted octanol–water partition coefficient (Wildman–Crippen LogP) is 5.22. The van der Waals surface area contributed by atoms with Crippen molar-refractivity contribution >= 4 is 14.3 Å². The highest BCUT2D eigenvalue weighted by Gasteiger charge is 2.45. The zero-order valence-electron chi connectivity index (χ0n) is 14.3. The molecule has 0 aliphatic rings. The standard InChI is InChI=1S/C17H27FO3Si/c1-11(2)22(12(3)4,13(5)6)21-10-14-8-7-9-15(16(14)18)17(19)20/h7-9,11-13H,10H2,1-6H3,(H,19,20). The lowest BCUT2D eigenvalue weighted by atomic mass is 10.1. The van der Waals surface area contributed by atoms with E-state index in [1.165, 1.54) is 6.07 Å². The van der Waals surface area contributed by atoms with E-state index in [1.807, 2.05) is 0 Å². The third-order valence-corrected chi connectivity index (χ3v) is 10.6. The molecule has 0 bridgehead atoms. The Labute approximate surface area is 133 Å². The Morgan fingerprint density at radius 3 is 2.05 bits per heavy atom. The minimum Gasteiger partial charge on any atom is -0.478 e. The van der Waals surface area contributed by atoms with Crippen LogP contribution < -0.4 is 0 Å². The Bertz CT molecular complexity index is 505. The van der Waals surface area contributed by atoms with Gasteiger partial charge in [-0.1, -0.05) is 53.7 Å². The van der Waals surface area contributed by atoms with E-state index >= 15 is 0 Å². The van der Waals surface area contributed by atoms with Crippen molar-refractivity contribution in [2.24, 2.45) is 0 Å². The molecular weight excluding hydrogens is 299 g/mol. The third-order valence-electron chi connectivity index (χ3n) is 4.49. The molecule has 0 amide bonds. The summed E-state index contributed by atoms with van der Waals surface area (Å²) in [6.45, 7) is 13.1. The van der Waals surface area contributed by atoms with Gasteiger partial charge in [0.1, 0.15) is 5.82 Å². The van der Waals surface area contributed by atoms with Crippen LogP contribution in [0.25, 0.3) is 0 Å². The second-order valence-corrected chi connectivity index (χ2v) is 12.2. The maximum atomic E-state index is 14.3. The number of hydrogen-bond acceptors (Lipinski definition) is 2. The van der Waals surface area contributed by atoms with Gasteiger partial charge >= 0.3 is 5.97 Å². The molecule has 0 heterocycles. The Morgan fingerprint density at radius 1 is 1.14 bits per heavy atom. The first-order valence-corrected chi connectivity index (χ1v) is 9.93. The van der Waals surface area contributed by atoms with E-state index in [2.05, 4.69) is 41.5 Å². The molecule has 1 aromatic carbocycles. The maximum Gasteiger partial charge on any atom is 0.338 e. The Kier molecular flexibility index (Phi) is 6.32. The molecule has 0 aromatic heterocycles. The van der Waals surface area contributed by atoms with E-state index in [9.17, 15) is 9.18 Å². The first kappa shape index (κ1) is 18.8. The number of carboxylic acids is 1. The van der Waals surface area contributed by atoms with E-state index in [0.29, 0.717) is 22.2 Å². The molecule has 1 N–H and O–H groups in total. The summed E-state index contributed by atoms with van der Waals surface area (Å²) in [6, 6.07) is 4.44. The van der Waals surface area contributed by atoms with Crippen LogP contribution in [-0.4, -0.2) is 19.4 Å². The van der Waals surface area contributed by atoms with E-state index in [1.54, 1.807) is 12.1 Å². The lowest BCUT2D eigenvalue weighted by molar-refractivity contribution is 0.0691. The van der Waals surface area contributed by atoms with Gasteiger partial charge in [-0.05, 0) is 22.7 Å². The maximum absolute atomic E-state index is 14.3. The summed E-state index contributed by atoms with van der Waals surface area (Å²) < 4.78 is 20.6. The van der Waals surface area contributed by atoms with Crippen molar-refractivity contribution in [1.82, 2.24) is 0 Å². The van der Waals surface area contributed by atoms with Crippen molar-refractivity contribution in [2.45, 2.75) is 64.8 Å². The van der Waals surface area contributed by atoms with Crippen LogP contribution in [0.4, 0.5) is 4.39 Å². The van der Waals surface area contributed by atoms with Crippen LogP contribution in [-0.2, 0) is 11.0 Å². The lowest BCUT2D eigenvalue weighted by Crippen LogP contribution is -2.47.